The van der Waals surface area contributed by atoms with Gasteiger partial charge in [-0.3, -0.25) is 0 Å². The third-order valence-electron chi connectivity index (χ3n) is 4.25. The van der Waals surface area contributed by atoms with E-state index in [1.807, 2.05) is 54.7 Å². The van der Waals surface area contributed by atoms with Crippen molar-refractivity contribution in [2.24, 2.45) is 5.10 Å². The lowest BCUT2D eigenvalue weighted by Crippen LogP contribution is -2.04. The molecule has 28 heavy (non-hydrogen) atoms. The third kappa shape index (κ3) is 4.32. The van der Waals surface area contributed by atoms with Gasteiger partial charge in [0.05, 0.1) is 18.1 Å². The van der Waals surface area contributed by atoms with Crippen LogP contribution in [0.2, 0.25) is 0 Å². The van der Waals surface area contributed by atoms with Gasteiger partial charge in [-0.25, -0.2) is 14.1 Å². The van der Waals surface area contributed by atoms with E-state index in [0.29, 0.717) is 12.5 Å². The largest absolute Gasteiger partial charge is 0.350 e. The molecule has 0 aliphatic rings. The normalized spacial score (nSPS) is 11.0. The first-order chi connectivity index (χ1) is 13.8. The lowest BCUT2D eigenvalue weighted by molar-refractivity contribution is 0.628. The zero-order valence-electron chi connectivity index (χ0n) is 15.2. The maximum absolute atomic E-state index is 13.1. The fourth-order valence-electron chi connectivity index (χ4n) is 2.78. The molecule has 0 aliphatic heterocycles. The summed E-state index contributed by atoms with van der Waals surface area (Å²) in [6, 6.07) is 26.3. The molecule has 0 saturated carbocycles. The Balaban J connectivity index is 1.62. The number of imidazole rings is 1. The predicted octanol–water partition coefficient (Wildman–Crippen LogP) is 5.18. The highest BCUT2D eigenvalue weighted by Crippen LogP contribution is 2.21. The molecule has 0 radical (unpaired) electrons. The van der Waals surface area contributed by atoms with Crippen molar-refractivity contribution in [1.29, 1.82) is 0 Å². The topological polar surface area (TPSA) is 42.2 Å². The lowest BCUT2D eigenvalue weighted by Gasteiger charge is -2.05. The van der Waals surface area contributed by atoms with Crippen molar-refractivity contribution in [1.82, 2.24) is 9.66 Å². The van der Waals surface area contributed by atoms with E-state index >= 15 is 0 Å². The van der Waals surface area contributed by atoms with Gasteiger partial charge in [0.1, 0.15) is 5.82 Å². The van der Waals surface area contributed by atoms with Crippen LogP contribution in [-0.4, -0.2) is 15.9 Å². The smallest absolute Gasteiger partial charge is 0.224 e. The van der Waals surface area contributed by atoms with E-state index < -0.39 is 0 Å². The summed E-state index contributed by atoms with van der Waals surface area (Å²) in [5.41, 5.74) is 3.81. The number of nitrogens with zero attached hydrogens (tertiary/aromatic N) is 3. The minimum absolute atomic E-state index is 0.267. The number of rotatable bonds is 6. The van der Waals surface area contributed by atoms with Gasteiger partial charge in [-0.15, -0.1) is 0 Å². The van der Waals surface area contributed by atoms with Crippen LogP contribution in [0.1, 0.15) is 11.1 Å². The highest BCUT2D eigenvalue weighted by Gasteiger charge is 2.09. The van der Waals surface area contributed by atoms with E-state index in [-0.39, 0.29) is 5.82 Å². The second kappa shape index (κ2) is 8.31. The van der Waals surface area contributed by atoms with Crippen molar-refractivity contribution in [3.63, 3.8) is 0 Å². The van der Waals surface area contributed by atoms with Crippen LogP contribution in [0.4, 0.5) is 10.3 Å². The Kier molecular flexibility index (Phi) is 5.24. The Morgan fingerprint density at radius 1 is 0.893 bits per heavy atom. The number of halogens is 1. The molecule has 4 nitrogen and oxygen atoms in total. The van der Waals surface area contributed by atoms with Gasteiger partial charge in [0.15, 0.2) is 0 Å². The molecule has 138 valence electrons. The van der Waals surface area contributed by atoms with Crippen molar-refractivity contribution in [3.05, 3.63) is 108 Å². The summed E-state index contributed by atoms with van der Waals surface area (Å²) in [7, 11) is 0. The summed E-state index contributed by atoms with van der Waals surface area (Å²) in [6.07, 6.45) is 3.56. The van der Waals surface area contributed by atoms with Crippen LogP contribution in [0.5, 0.6) is 0 Å². The fraction of sp³-hybridized carbons (Fsp3) is 0.0435. The standard InChI is InChI=1S/C23H19FN4/c24-21-13-11-19(12-14-21)16-26-28-17-22(20-9-5-2-6-10-20)27-23(28)25-15-18-7-3-1-4-8-18/h1-14,16-17H,15H2,(H,25,27)/b26-16+. The molecule has 1 aromatic heterocycles. The molecule has 0 spiro atoms. The summed E-state index contributed by atoms with van der Waals surface area (Å²) >= 11 is 0. The molecular weight excluding hydrogens is 351 g/mol. The summed E-state index contributed by atoms with van der Waals surface area (Å²) in [4.78, 5) is 4.70. The molecule has 0 bridgehead atoms. The SMILES string of the molecule is Fc1ccc(/C=N/n2cc(-c3ccccc3)nc2NCc2ccccc2)cc1. The molecule has 0 atom stereocenters. The average molecular weight is 370 g/mol. The number of anilines is 1. The van der Waals surface area contributed by atoms with E-state index in [1.165, 1.54) is 12.1 Å². The van der Waals surface area contributed by atoms with E-state index in [4.69, 9.17) is 4.98 Å². The monoisotopic (exact) mass is 370 g/mol. The van der Waals surface area contributed by atoms with Crippen LogP contribution >= 0.6 is 0 Å². The van der Waals surface area contributed by atoms with Gasteiger partial charge in [0.25, 0.3) is 0 Å². The first kappa shape index (κ1) is 17.7. The molecular formula is C23H19FN4. The maximum Gasteiger partial charge on any atom is 0.224 e. The maximum atomic E-state index is 13.1. The van der Waals surface area contributed by atoms with Gasteiger partial charge in [0.2, 0.25) is 5.95 Å². The third-order valence-corrected chi connectivity index (χ3v) is 4.25. The van der Waals surface area contributed by atoms with Crippen molar-refractivity contribution in [2.45, 2.75) is 6.54 Å². The van der Waals surface area contributed by atoms with Crippen LogP contribution < -0.4 is 5.32 Å². The number of benzene rings is 3. The molecule has 1 heterocycles. The summed E-state index contributed by atoms with van der Waals surface area (Å²) in [5, 5.41) is 7.85. The minimum atomic E-state index is -0.267. The van der Waals surface area contributed by atoms with Gasteiger partial charge in [-0.2, -0.15) is 5.10 Å². The van der Waals surface area contributed by atoms with Crippen LogP contribution in [0.3, 0.4) is 0 Å². The van der Waals surface area contributed by atoms with Crippen LogP contribution in [0, 0.1) is 5.82 Å². The van der Waals surface area contributed by atoms with Gasteiger partial charge < -0.3 is 5.32 Å². The number of nitrogens with one attached hydrogen (secondary N) is 1. The average Bonchev–Trinajstić information content (AvgIpc) is 3.16. The van der Waals surface area contributed by atoms with Gasteiger partial charge >= 0.3 is 0 Å². The number of hydrogen-bond donors (Lipinski definition) is 1. The highest BCUT2D eigenvalue weighted by molar-refractivity contribution is 5.79. The van der Waals surface area contributed by atoms with Crippen LogP contribution in [0.25, 0.3) is 11.3 Å². The molecule has 0 saturated heterocycles. The van der Waals surface area contributed by atoms with Crippen LogP contribution in [0.15, 0.2) is 96.2 Å². The second-order valence-electron chi connectivity index (χ2n) is 6.30. The van der Waals surface area contributed by atoms with E-state index in [2.05, 4.69) is 22.6 Å². The van der Waals surface area contributed by atoms with Gasteiger partial charge in [-0.1, -0.05) is 72.8 Å². The van der Waals surface area contributed by atoms with E-state index in [9.17, 15) is 4.39 Å². The highest BCUT2D eigenvalue weighted by atomic mass is 19.1. The Hall–Kier alpha value is -3.73. The van der Waals surface area contributed by atoms with Crippen molar-refractivity contribution in [3.8, 4) is 11.3 Å². The van der Waals surface area contributed by atoms with Gasteiger partial charge in [0, 0.05) is 12.1 Å². The molecule has 4 aromatic rings. The zero-order valence-corrected chi connectivity index (χ0v) is 15.2. The molecule has 4 rings (SSSR count). The Labute approximate surface area is 163 Å². The summed E-state index contributed by atoms with van der Waals surface area (Å²) < 4.78 is 14.8. The molecule has 0 unspecified atom stereocenters. The molecule has 0 fully saturated rings. The van der Waals surface area contributed by atoms with Crippen molar-refractivity contribution in [2.75, 3.05) is 5.32 Å². The quantitative estimate of drug-likeness (QED) is 0.475. The first-order valence-corrected chi connectivity index (χ1v) is 9.00. The lowest BCUT2D eigenvalue weighted by atomic mass is 10.2. The molecule has 0 aliphatic carbocycles. The Morgan fingerprint density at radius 2 is 1.57 bits per heavy atom. The minimum Gasteiger partial charge on any atom is -0.350 e. The second-order valence-corrected chi connectivity index (χ2v) is 6.30. The summed E-state index contributed by atoms with van der Waals surface area (Å²) in [5.74, 6) is 0.373. The fourth-order valence-corrected chi connectivity index (χ4v) is 2.78. The first-order valence-electron chi connectivity index (χ1n) is 9.00. The van der Waals surface area contributed by atoms with Gasteiger partial charge in [-0.05, 0) is 23.3 Å². The Bertz CT molecular complexity index is 1050. The number of aromatic nitrogens is 2. The predicted molar refractivity (Wildman–Crippen MR) is 111 cm³/mol. The Morgan fingerprint density at radius 3 is 2.29 bits per heavy atom. The molecule has 3 aromatic carbocycles. The molecule has 0 amide bonds. The zero-order chi connectivity index (χ0) is 19.2. The summed E-state index contributed by atoms with van der Waals surface area (Å²) in [6.45, 7) is 0.637. The number of hydrogen-bond acceptors (Lipinski definition) is 3. The van der Waals surface area contributed by atoms with E-state index in [0.717, 1.165) is 22.4 Å². The van der Waals surface area contributed by atoms with E-state index in [1.54, 1.807) is 23.0 Å². The van der Waals surface area contributed by atoms with Crippen molar-refractivity contribution >= 4 is 12.2 Å². The molecule has 5 heteroatoms. The van der Waals surface area contributed by atoms with Crippen LogP contribution in [-0.2, 0) is 6.54 Å². The molecule has 1 N–H and O–H groups in total. The van der Waals surface area contributed by atoms with Crippen molar-refractivity contribution < 1.29 is 4.39 Å².